The van der Waals surface area contributed by atoms with E-state index in [0.717, 1.165) is 11.1 Å². The number of benzene rings is 2. The zero-order chi connectivity index (χ0) is 34.6. The van der Waals surface area contributed by atoms with Crippen molar-refractivity contribution in [3.05, 3.63) is 71.8 Å². The maximum absolute atomic E-state index is 13.8. The van der Waals surface area contributed by atoms with Crippen LogP contribution in [-0.2, 0) is 36.9 Å². The highest BCUT2D eigenvalue weighted by molar-refractivity contribution is 5.93. The standard InChI is InChI=1S/C35H49N5O7/c1-6-39(7-2)29(41)22-27(37-34(46)47-23-25-17-12-9-13-18-25)31(43)36-26(21-24-15-10-8-11-16-24)30(42)33(45)40-20-14-19-28(40)32(44)38-35(3,4)5/h8-13,15-18,26-28,30,42H,6-7,14,19-23H2,1-5H3,(H,36,43)(H,37,46)(H,38,44)/t26-,27-,28-,30-/m0/s1. The molecule has 0 spiro atoms. The van der Waals surface area contributed by atoms with Gasteiger partial charge in [0.1, 0.15) is 18.7 Å². The van der Waals surface area contributed by atoms with E-state index in [9.17, 15) is 29.1 Å². The number of ether oxygens (including phenoxy) is 1. The topological polar surface area (TPSA) is 157 Å². The van der Waals surface area contributed by atoms with E-state index >= 15 is 0 Å². The Hall–Kier alpha value is -4.45. The van der Waals surface area contributed by atoms with Gasteiger partial charge in [-0.05, 0) is 65.0 Å². The number of hydrogen-bond donors (Lipinski definition) is 4. The molecular formula is C35H49N5O7. The van der Waals surface area contributed by atoms with E-state index in [4.69, 9.17) is 4.74 Å². The molecule has 12 heteroatoms. The summed E-state index contributed by atoms with van der Waals surface area (Å²) in [5.74, 6) is -2.13. The summed E-state index contributed by atoms with van der Waals surface area (Å²) in [5.41, 5.74) is 0.965. The Bertz CT molecular complexity index is 1350. The summed E-state index contributed by atoms with van der Waals surface area (Å²) in [6.07, 6.45) is -1.88. The molecule has 3 rings (SSSR count). The largest absolute Gasteiger partial charge is 0.445 e. The second-order valence-electron chi connectivity index (χ2n) is 12.7. The molecule has 5 amide bonds. The molecule has 47 heavy (non-hydrogen) atoms. The van der Waals surface area contributed by atoms with Crippen LogP contribution in [-0.4, -0.2) is 94.0 Å². The first-order valence-electron chi connectivity index (χ1n) is 16.2. The van der Waals surface area contributed by atoms with Crippen LogP contribution in [0.1, 0.15) is 65.0 Å². The highest BCUT2D eigenvalue weighted by atomic mass is 16.5. The first-order chi connectivity index (χ1) is 22.3. The fraction of sp³-hybridized carbons (Fsp3) is 0.514. The highest BCUT2D eigenvalue weighted by Crippen LogP contribution is 2.21. The molecule has 4 atom stereocenters. The summed E-state index contributed by atoms with van der Waals surface area (Å²) in [4.78, 5) is 69.4. The van der Waals surface area contributed by atoms with Gasteiger partial charge in [0.05, 0.1) is 12.5 Å². The Morgan fingerprint density at radius 3 is 2.11 bits per heavy atom. The van der Waals surface area contributed by atoms with E-state index in [0.29, 0.717) is 25.9 Å². The average Bonchev–Trinajstić information content (AvgIpc) is 3.54. The number of hydrogen-bond acceptors (Lipinski definition) is 7. The predicted molar refractivity (Wildman–Crippen MR) is 177 cm³/mol. The minimum atomic E-state index is -1.72. The molecule has 2 aromatic carbocycles. The molecule has 256 valence electrons. The number of aliphatic hydroxyl groups excluding tert-OH is 1. The molecule has 0 aliphatic carbocycles. The van der Waals surface area contributed by atoms with Gasteiger partial charge in [-0.15, -0.1) is 0 Å². The Morgan fingerprint density at radius 1 is 0.936 bits per heavy atom. The Kier molecular flexibility index (Phi) is 13.8. The lowest BCUT2D eigenvalue weighted by atomic mass is 9.99. The summed E-state index contributed by atoms with van der Waals surface area (Å²) < 4.78 is 5.32. The monoisotopic (exact) mass is 651 g/mol. The van der Waals surface area contributed by atoms with Gasteiger partial charge in [0.15, 0.2) is 6.10 Å². The van der Waals surface area contributed by atoms with Gasteiger partial charge in [-0.3, -0.25) is 19.2 Å². The fourth-order valence-corrected chi connectivity index (χ4v) is 5.49. The van der Waals surface area contributed by atoms with Crippen molar-refractivity contribution in [2.45, 2.75) is 96.7 Å². The number of nitrogens with one attached hydrogen (secondary N) is 3. The van der Waals surface area contributed by atoms with Crippen molar-refractivity contribution in [1.82, 2.24) is 25.8 Å². The number of aliphatic hydroxyl groups is 1. The van der Waals surface area contributed by atoms with Crippen LogP contribution >= 0.6 is 0 Å². The van der Waals surface area contributed by atoms with Gasteiger partial charge in [0.25, 0.3) is 5.91 Å². The minimum Gasteiger partial charge on any atom is -0.445 e. The number of carbonyl (C=O) groups excluding carboxylic acids is 5. The van der Waals surface area contributed by atoms with Crippen molar-refractivity contribution in [1.29, 1.82) is 0 Å². The Balaban J connectivity index is 1.83. The van der Waals surface area contributed by atoms with Crippen molar-refractivity contribution in [2.75, 3.05) is 19.6 Å². The maximum Gasteiger partial charge on any atom is 0.408 e. The molecule has 1 aliphatic rings. The van der Waals surface area contributed by atoms with Crippen LogP contribution in [0.15, 0.2) is 60.7 Å². The van der Waals surface area contributed by atoms with Gasteiger partial charge < -0.3 is 35.6 Å². The van der Waals surface area contributed by atoms with Crippen molar-refractivity contribution in [2.24, 2.45) is 0 Å². The summed E-state index contributed by atoms with van der Waals surface area (Å²) in [6, 6.07) is 14.8. The average molecular weight is 652 g/mol. The SMILES string of the molecule is CCN(CC)C(=O)C[C@H](NC(=O)OCc1ccccc1)C(=O)N[C@@H](Cc1ccccc1)[C@H](O)C(=O)N1CCC[C@H]1C(=O)NC(C)(C)C. The molecule has 1 heterocycles. The van der Waals surface area contributed by atoms with Gasteiger partial charge in [-0.2, -0.15) is 0 Å². The molecule has 0 saturated carbocycles. The van der Waals surface area contributed by atoms with E-state index in [1.54, 1.807) is 48.5 Å². The lowest BCUT2D eigenvalue weighted by Gasteiger charge is -2.32. The lowest BCUT2D eigenvalue weighted by Crippen LogP contribution is -2.59. The number of alkyl carbamates (subject to hydrolysis) is 1. The zero-order valence-corrected chi connectivity index (χ0v) is 28.0. The molecule has 2 aromatic rings. The number of carbonyl (C=O) groups is 5. The van der Waals surface area contributed by atoms with Gasteiger partial charge in [0.2, 0.25) is 17.7 Å². The van der Waals surface area contributed by atoms with Crippen LogP contribution in [0, 0.1) is 0 Å². The van der Waals surface area contributed by atoms with Gasteiger partial charge in [0, 0.05) is 25.2 Å². The first kappa shape index (κ1) is 37.0. The van der Waals surface area contributed by atoms with E-state index in [2.05, 4.69) is 16.0 Å². The molecule has 1 saturated heterocycles. The summed E-state index contributed by atoms with van der Waals surface area (Å²) in [5, 5.41) is 19.6. The normalized spacial score (nSPS) is 16.4. The van der Waals surface area contributed by atoms with Crippen LogP contribution in [0.25, 0.3) is 0 Å². The van der Waals surface area contributed by atoms with Gasteiger partial charge in [-0.1, -0.05) is 60.7 Å². The predicted octanol–water partition coefficient (Wildman–Crippen LogP) is 2.53. The third-order valence-electron chi connectivity index (χ3n) is 7.91. The molecule has 0 radical (unpaired) electrons. The van der Waals surface area contributed by atoms with Crippen LogP contribution in [0.3, 0.4) is 0 Å². The van der Waals surface area contributed by atoms with Gasteiger partial charge in [-0.25, -0.2) is 4.79 Å². The maximum atomic E-state index is 13.8. The fourth-order valence-electron chi connectivity index (χ4n) is 5.49. The number of likely N-dealkylation sites (tertiary alicyclic amines) is 1. The van der Waals surface area contributed by atoms with E-state index in [-0.39, 0.29) is 37.8 Å². The van der Waals surface area contributed by atoms with Crippen LogP contribution in [0.4, 0.5) is 4.79 Å². The van der Waals surface area contributed by atoms with Crippen LogP contribution < -0.4 is 16.0 Å². The summed E-state index contributed by atoms with van der Waals surface area (Å²) in [6.45, 7) is 10.2. The van der Waals surface area contributed by atoms with Crippen LogP contribution in [0.5, 0.6) is 0 Å². The molecule has 0 aromatic heterocycles. The van der Waals surface area contributed by atoms with Crippen LogP contribution in [0.2, 0.25) is 0 Å². The second-order valence-corrected chi connectivity index (χ2v) is 12.7. The third kappa shape index (κ3) is 11.4. The second kappa shape index (κ2) is 17.5. The van der Waals surface area contributed by atoms with E-state index in [1.165, 1.54) is 9.80 Å². The quantitative estimate of drug-likeness (QED) is 0.245. The molecule has 1 aliphatic heterocycles. The zero-order valence-electron chi connectivity index (χ0n) is 28.0. The number of rotatable bonds is 14. The molecule has 0 unspecified atom stereocenters. The molecule has 0 bridgehead atoms. The third-order valence-corrected chi connectivity index (χ3v) is 7.91. The molecule has 1 fully saturated rings. The lowest BCUT2D eigenvalue weighted by molar-refractivity contribution is -0.147. The van der Waals surface area contributed by atoms with E-state index < -0.39 is 47.7 Å². The smallest absolute Gasteiger partial charge is 0.408 e. The number of amides is 5. The Morgan fingerprint density at radius 2 is 1.53 bits per heavy atom. The summed E-state index contributed by atoms with van der Waals surface area (Å²) in [7, 11) is 0. The Labute approximate surface area is 277 Å². The summed E-state index contributed by atoms with van der Waals surface area (Å²) >= 11 is 0. The van der Waals surface area contributed by atoms with Crippen molar-refractivity contribution >= 4 is 29.7 Å². The minimum absolute atomic E-state index is 0.0470. The van der Waals surface area contributed by atoms with E-state index in [1.807, 2.05) is 46.8 Å². The molecule has 12 nitrogen and oxygen atoms in total. The van der Waals surface area contributed by atoms with Crippen molar-refractivity contribution in [3.8, 4) is 0 Å². The highest BCUT2D eigenvalue weighted by Gasteiger charge is 2.41. The van der Waals surface area contributed by atoms with Gasteiger partial charge >= 0.3 is 6.09 Å². The molecule has 4 N–H and O–H groups in total. The molecular weight excluding hydrogens is 602 g/mol. The number of nitrogens with zero attached hydrogens (tertiary/aromatic N) is 2. The van der Waals surface area contributed by atoms with Crippen molar-refractivity contribution in [3.63, 3.8) is 0 Å². The first-order valence-corrected chi connectivity index (χ1v) is 16.2. The van der Waals surface area contributed by atoms with Crippen molar-refractivity contribution < 1.29 is 33.8 Å².